The number of halogens is 3. The molecule has 150 valence electrons. The molecule has 8 nitrogen and oxygen atoms in total. The first-order valence-electron chi connectivity index (χ1n) is 8.03. The lowest BCUT2D eigenvalue weighted by Crippen LogP contribution is -2.22. The zero-order valence-electron chi connectivity index (χ0n) is 14.4. The highest BCUT2D eigenvalue weighted by Gasteiger charge is 2.31. The van der Waals surface area contributed by atoms with Gasteiger partial charge in [-0.2, -0.15) is 5.10 Å². The summed E-state index contributed by atoms with van der Waals surface area (Å²) in [6.07, 6.45) is -4.82. The van der Waals surface area contributed by atoms with E-state index in [0.29, 0.717) is 0 Å². The van der Waals surface area contributed by atoms with Crippen molar-refractivity contribution in [1.82, 2.24) is 10.2 Å². The van der Waals surface area contributed by atoms with Crippen LogP contribution in [0.5, 0.6) is 5.75 Å². The van der Waals surface area contributed by atoms with Gasteiger partial charge in [0.05, 0.1) is 5.39 Å². The number of aromatic amines is 1. The third-order valence-electron chi connectivity index (χ3n) is 3.60. The predicted molar refractivity (Wildman–Crippen MR) is 94.4 cm³/mol. The average Bonchev–Trinajstić information content (AvgIpc) is 2.67. The highest BCUT2D eigenvalue weighted by Crippen LogP contribution is 2.24. The normalized spacial score (nSPS) is 11.1. The van der Waals surface area contributed by atoms with Crippen molar-refractivity contribution in [1.29, 1.82) is 0 Å². The number of carbonyl (C=O) groups excluding carboxylic acids is 2. The highest BCUT2D eigenvalue weighted by atomic mass is 19.4. The summed E-state index contributed by atoms with van der Waals surface area (Å²) < 4.78 is 45.0. The number of nitrogens with one attached hydrogen (secondary N) is 2. The van der Waals surface area contributed by atoms with Crippen LogP contribution in [0.2, 0.25) is 0 Å². The van der Waals surface area contributed by atoms with Crippen molar-refractivity contribution in [2.45, 2.75) is 6.36 Å². The third kappa shape index (κ3) is 5.09. The molecule has 2 aromatic carbocycles. The van der Waals surface area contributed by atoms with Gasteiger partial charge in [-0.25, -0.2) is 9.89 Å². The molecule has 3 rings (SSSR count). The summed E-state index contributed by atoms with van der Waals surface area (Å²) in [6, 6.07) is 10.7. The first kappa shape index (κ1) is 19.9. The lowest BCUT2D eigenvalue weighted by molar-refractivity contribution is -0.274. The maximum absolute atomic E-state index is 12.2. The Morgan fingerprint density at radius 3 is 2.34 bits per heavy atom. The van der Waals surface area contributed by atoms with Crippen molar-refractivity contribution in [3.8, 4) is 5.75 Å². The van der Waals surface area contributed by atoms with Crippen molar-refractivity contribution in [2.24, 2.45) is 0 Å². The molecule has 2 N–H and O–H groups in total. The van der Waals surface area contributed by atoms with Gasteiger partial charge in [0.1, 0.15) is 5.75 Å². The van der Waals surface area contributed by atoms with E-state index < -0.39 is 36.2 Å². The first-order valence-corrected chi connectivity index (χ1v) is 8.03. The zero-order valence-corrected chi connectivity index (χ0v) is 14.4. The molecule has 1 heterocycles. The van der Waals surface area contributed by atoms with Crippen LogP contribution in [-0.2, 0) is 9.53 Å². The zero-order chi connectivity index (χ0) is 21.0. The fraction of sp³-hybridized carbons (Fsp3) is 0.111. The van der Waals surface area contributed by atoms with Gasteiger partial charge in [0.25, 0.3) is 11.5 Å². The number of anilines is 1. The van der Waals surface area contributed by atoms with E-state index in [1.54, 1.807) is 12.1 Å². The summed E-state index contributed by atoms with van der Waals surface area (Å²) in [5, 5.41) is 8.69. The number of hydrogen-bond acceptors (Lipinski definition) is 6. The van der Waals surface area contributed by atoms with Gasteiger partial charge >= 0.3 is 12.3 Å². The number of H-pyrrole nitrogens is 1. The van der Waals surface area contributed by atoms with Crippen LogP contribution < -0.4 is 15.6 Å². The maximum atomic E-state index is 12.2. The van der Waals surface area contributed by atoms with Crippen LogP contribution in [0.15, 0.2) is 53.3 Å². The molecular weight excluding hydrogens is 395 g/mol. The Morgan fingerprint density at radius 1 is 1.03 bits per heavy atom. The minimum Gasteiger partial charge on any atom is -0.451 e. The fourth-order valence-electron chi connectivity index (χ4n) is 2.41. The average molecular weight is 407 g/mol. The molecule has 0 atom stereocenters. The van der Waals surface area contributed by atoms with Crippen molar-refractivity contribution >= 4 is 28.3 Å². The number of aromatic nitrogens is 2. The SMILES string of the molecule is O=C(COC(=O)c1n[nH]c(=O)c2ccccc12)Nc1ccc(OC(F)(F)F)cc1. The van der Waals surface area contributed by atoms with Gasteiger partial charge in [-0.15, -0.1) is 13.2 Å². The summed E-state index contributed by atoms with van der Waals surface area (Å²) in [5.74, 6) is -2.10. The van der Waals surface area contributed by atoms with E-state index in [4.69, 9.17) is 4.74 Å². The van der Waals surface area contributed by atoms with Gasteiger partial charge in [0, 0.05) is 11.1 Å². The maximum Gasteiger partial charge on any atom is 0.573 e. The van der Waals surface area contributed by atoms with Crippen molar-refractivity contribution in [3.63, 3.8) is 0 Å². The lowest BCUT2D eigenvalue weighted by Gasteiger charge is -2.10. The number of esters is 1. The van der Waals surface area contributed by atoms with Crippen molar-refractivity contribution in [3.05, 3.63) is 64.6 Å². The Balaban J connectivity index is 1.60. The van der Waals surface area contributed by atoms with Crippen LogP contribution in [0.1, 0.15) is 10.5 Å². The molecule has 3 aromatic rings. The monoisotopic (exact) mass is 407 g/mol. The number of hydrogen-bond donors (Lipinski definition) is 2. The molecule has 0 radical (unpaired) electrons. The molecule has 29 heavy (non-hydrogen) atoms. The van der Waals surface area contributed by atoms with E-state index in [0.717, 1.165) is 12.1 Å². The molecule has 0 aliphatic carbocycles. The number of fused-ring (bicyclic) bond motifs is 1. The van der Waals surface area contributed by atoms with Gasteiger partial charge in [-0.3, -0.25) is 9.59 Å². The lowest BCUT2D eigenvalue weighted by atomic mass is 10.1. The molecule has 0 fully saturated rings. The number of rotatable bonds is 5. The second-order valence-electron chi connectivity index (χ2n) is 5.64. The van der Waals surface area contributed by atoms with Crippen LogP contribution >= 0.6 is 0 Å². The van der Waals surface area contributed by atoms with E-state index in [-0.39, 0.29) is 22.2 Å². The molecule has 0 unspecified atom stereocenters. The van der Waals surface area contributed by atoms with Gasteiger partial charge in [0.2, 0.25) is 0 Å². The van der Waals surface area contributed by atoms with Gasteiger partial charge in [0.15, 0.2) is 12.3 Å². The Bertz CT molecular complexity index is 1110. The second-order valence-corrected chi connectivity index (χ2v) is 5.64. The molecule has 1 amide bonds. The highest BCUT2D eigenvalue weighted by molar-refractivity contribution is 6.03. The number of benzene rings is 2. The number of alkyl halides is 3. The van der Waals surface area contributed by atoms with E-state index >= 15 is 0 Å². The summed E-state index contributed by atoms with van der Waals surface area (Å²) in [7, 11) is 0. The molecule has 1 aromatic heterocycles. The van der Waals surface area contributed by atoms with Crippen molar-refractivity contribution < 1.29 is 32.2 Å². The quantitative estimate of drug-likeness (QED) is 0.629. The molecule has 0 aliphatic heterocycles. The van der Waals surface area contributed by atoms with Gasteiger partial charge < -0.3 is 14.8 Å². The van der Waals surface area contributed by atoms with E-state index in [2.05, 4.69) is 20.3 Å². The van der Waals surface area contributed by atoms with E-state index in [1.807, 2.05) is 0 Å². The summed E-state index contributed by atoms with van der Waals surface area (Å²) in [5.41, 5.74) is -0.470. The van der Waals surface area contributed by atoms with Crippen LogP contribution in [-0.4, -0.2) is 35.0 Å². The third-order valence-corrected chi connectivity index (χ3v) is 3.60. The standard InChI is InChI=1S/C18H12F3N3O5/c19-18(20,21)29-11-7-5-10(6-8-11)22-14(25)9-28-17(27)15-12-3-1-2-4-13(12)16(26)24-23-15/h1-8H,9H2,(H,22,25)(H,24,26). The smallest absolute Gasteiger partial charge is 0.451 e. The molecule has 0 saturated heterocycles. The Labute approximate surface area is 160 Å². The summed E-state index contributed by atoms with van der Waals surface area (Å²) in [4.78, 5) is 35.8. The van der Waals surface area contributed by atoms with E-state index in [1.165, 1.54) is 24.3 Å². The molecule has 11 heteroatoms. The van der Waals surface area contributed by atoms with Crippen LogP contribution in [0.25, 0.3) is 10.8 Å². The molecule has 0 spiro atoms. The number of amides is 1. The number of nitrogens with zero attached hydrogens (tertiary/aromatic N) is 1. The van der Waals surface area contributed by atoms with Crippen LogP contribution in [0.3, 0.4) is 0 Å². The minimum atomic E-state index is -4.82. The predicted octanol–water partition coefficient (Wildman–Crippen LogP) is 2.62. The largest absolute Gasteiger partial charge is 0.573 e. The van der Waals surface area contributed by atoms with Gasteiger partial charge in [-0.05, 0) is 30.3 Å². The van der Waals surface area contributed by atoms with Crippen molar-refractivity contribution in [2.75, 3.05) is 11.9 Å². The van der Waals surface area contributed by atoms with Crippen LogP contribution in [0.4, 0.5) is 18.9 Å². The topological polar surface area (TPSA) is 110 Å². The molecule has 0 saturated carbocycles. The second kappa shape index (κ2) is 8.00. The Morgan fingerprint density at radius 2 is 1.69 bits per heavy atom. The minimum absolute atomic E-state index is 0.165. The Kier molecular flexibility index (Phi) is 5.48. The number of carbonyl (C=O) groups is 2. The summed E-state index contributed by atoms with van der Waals surface area (Å²) in [6.45, 7) is -0.672. The fourth-order valence-corrected chi connectivity index (χ4v) is 2.41. The van der Waals surface area contributed by atoms with E-state index in [9.17, 15) is 27.6 Å². The van der Waals surface area contributed by atoms with Gasteiger partial charge in [-0.1, -0.05) is 18.2 Å². The van der Waals surface area contributed by atoms with Crippen LogP contribution in [0, 0.1) is 0 Å². The molecule has 0 aliphatic rings. The molecule has 0 bridgehead atoms. The molecular formula is C18H12F3N3O5. The number of ether oxygens (including phenoxy) is 2. The summed E-state index contributed by atoms with van der Waals surface area (Å²) >= 11 is 0. The first-order chi connectivity index (χ1) is 13.7. The Hall–Kier alpha value is -3.89.